The van der Waals surface area contributed by atoms with Gasteiger partial charge in [0.2, 0.25) is 11.8 Å². The topological polar surface area (TPSA) is 68.3 Å². The van der Waals surface area contributed by atoms with E-state index in [4.69, 9.17) is 14.2 Å². The average Bonchev–Trinajstić information content (AvgIpc) is 3.10. The number of hydrogen-bond donors (Lipinski definition) is 0. The van der Waals surface area contributed by atoms with Gasteiger partial charge in [-0.3, -0.25) is 9.59 Å². The summed E-state index contributed by atoms with van der Waals surface area (Å²) in [6.45, 7) is 1.10. The molecule has 2 amide bonds. The SMILES string of the molecule is COc1cc2c(cc1OC)[C@]1(CCBr)[C@@H]3C[C@H]4C(=CCO[C@@H]5CC(=O)N2[C@@H]1[C@@H]54)CN3C(=O)Cc1ccccc1. The highest BCUT2D eigenvalue weighted by Crippen LogP contribution is 2.65. The Morgan fingerprint density at radius 2 is 1.92 bits per heavy atom. The van der Waals surface area contributed by atoms with Gasteiger partial charge in [0, 0.05) is 35.3 Å². The van der Waals surface area contributed by atoms with Crippen LogP contribution in [0.5, 0.6) is 11.5 Å². The van der Waals surface area contributed by atoms with Crippen LogP contribution >= 0.6 is 15.9 Å². The molecule has 2 saturated heterocycles. The lowest BCUT2D eigenvalue weighted by Crippen LogP contribution is -2.72. The highest BCUT2D eigenvalue weighted by Gasteiger charge is 2.69. The zero-order valence-electron chi connectivity index (χ0n) is 22.3. The molecule has 0 N–H and O–H groups in total. The molecular weight excluding hydrogens is 560 g/mol. The first-order valence-electron chi connectivity index (χ1n) is 13.8. The van der Waals surface area contributed by atoms with Gasteiger partial charge < -0.3 is 24.0 Å². The summed E-state index contributed by atoms with van der Waals surface area (Å²) in [6, 6.07) is 13.9. The minimum atomic E-state index is -0.459. The Kier molecular flexibility index (Phi) is 6.04. The van der Waals surface area contributed by atoms with E-state index in [9.17, 15) is 9.59 Å². The Balaban J connectivity index is 1.44. The summed E-state index contributed by atoms with van der Waals surface area (Å²) < 4.78 is 17.9. The fourth-order valence-electron chi connectivity index (χ4n) is 8.49. The summed E-state index contributed by atoms with van der Waals surface area (Å²) in [5.41, 5.74) is 3.81. The summed E-state index contributed by atoms with van der Waals surface area (Å²) in [4.78, 5) is 32.2. The highest BCUT2D eigenvalue weighted by atomic mass is 79.9. The van der Waals surface area contributed by atoms with Crippen molar-refractivity contribution < 1.29 is 23.8 Å². The molecule has 2 aromatic carbocycles. The van der Waals surface area contributed by atoms with Crippen LogP contribution in [0, 0.1) is 11.8 Å². The van der Waals surface area contributed by atoms with Crippen LogP contribution < -0.4 is 14.4 Å². The van der Waals surface area contributed by atoms with Crippen molar-refractivity contribution in [3.05, 3.63) is 65.2 Å². The first kappa shape index (κ1) is 25.1. The second-order valence-corrected chi connectivity index (χ2v) is 12.2. The molecule has 39 heavy (non-hydrogen) atoms. The number of amides is 2. The van der Waals surface area contributed by atoms with Gasteiger partial charge in [-0.05, 0) is 41.5 Å². The Morgan fingerprint density at radius 3 is 2.67 bits per heavy atom. The van der Waals surface area contributed by atoms with Crippen LogP contribution in [-0.2, 0) is 26.2 Å². The van der Waals surface area contributed by atoms with Crippen LogP contribution in [0.25, 0.3) is 0 Å². The molecule has 7 nitrogen and oxygen atoms in total. The molecule has 204 valence electrons. The van der Waals surface area contributed by atoms with E-state index in [0.29, 0.717) is 37.5 Å². The zero-order chi connectivity index (χ0) is 26.9. The number of rotatable bonds is 6. The molecule has 2 aromatic rings. The van der Waals surface area contributed by atoms with Gasteiger partial charge in [0.15, 0.2) is 11.5 Å². The molecule has 5 aliphatic rings. The van der Waals surface area contributed by atoms with Crippen LogP contribution in [-0.4, -0.2) is 67.6 Å². The monoisotopic (exact) mass is 592 g/mol. The third-order valence-electron chi connectivity index (χ3n) is 9.93. The van der Waals surface area contributed by atoms with E-state index in [0.717, 1.165) is 35.0 Å². The van der Waals surface area contributed by atoms with E-state index < -0.39 is 5.41 Å². The maximum atomic E-state index is 14.1. The Hall–Kier alpha value is -2.84. The molecule has 3 fully saturated rings. The molecule has 0 spiro atoms. The van der Waals surface area contributed by atoms with E-state index in [-0.39, 0.29) is 41.8 Å². The molecule has 7 rings (SSSR count). The second-order valence-electron chi connectivity index (χ2n) is 11.4. The van der Waals surface area contributed by atoms with Crippen LogP contribution in [0.4, 0.5) is 5.69 Å². The van der Waals surface area contributed by atoms with Crippen molar-refractivity contribution in [2.24, 2.45) is 11.8 Å². The number of anilines is 1. The average molecular weight is 594 g/mol. The maximum absolute atomic E-state index is 14.1. The van der Waals surface area contributed by atoms with Crippen LogP contribution in [0.1, 0.15) is 30.4 Å². The number of hydrogen-bond acceptors (Lipinski definition) is 5. The van der Waals surface area contributed by atoms with Gasteiger partial charge >= 0.3 is 0 Å². The fraction of sp³-hybridized carbons (Fsp3) is 0.484. The number of carbonyl (C=O) groups is 2. The van der Waals surface area contributed by atoms with E-state index in [1.807, 2.05) is 41.3 Å². The van der Waals surface area contributed by atoms with Crippen molar-refractivity contribution in [2.45, 2.75) is 49.3 Å². The molecule has 0 radical (unpaired) electrons. The smallest absolute Gasteiger partial charge is 0.229 e. The van der Waals surface area contributed by atoms with Gasteiger partial charge in [0.1, 0.15) is 0 Å². The minimum absolute atomic E-state index is 0.0545. The predicted molar refractivity (Wildman–Crippen MR) is 151 cm³/mol. The molecule has 2 bridgehead atoms. The van der Waals surface area contributed by atoms with Gasteiger partial charge in [-0.15, -0.1) is 0 Å². The van der Waals surface area contributed by atoms with Gasteiger partial charge in [0.05, 0.1) is 51.5 Å². The van der Waals surface area contributed by atoms with Crippen molar-refractivity contribution in [1.82, 2.24) is 4.90 Å². The van der Waals surface area contributed by atoms with E-state index >= 15 is 0 Å². The first-order chi connectivity index (χ1) is 19.0. The van der Waals surface area contributed by atoms with Gasteiger partial charge in [0.25, 0.3) is 0 Å². The quantitative estimate of drug-likeness (QED) is 0.370. The number of piperidine rings is 2. The predicted octanol–water partition coefficient (Wildman–Crippen LogP) is 4.26. The molecular formula is C31H33BrN2O5. The van der Waals surface area contributed by atoms with Crippen LogP contribution in [0.15, 0.2) is 54.1 Å². The van der Waals surface area contributed by atoms with Crippen LogP contribution in [0.2, 0.25) is 0 Å². The highest BCUT2D eigenvalue weighted by molar-refractivity contribution is 9.09. The number of benzene rings is 2. The van der Waals surface area contributed by atoms with Crippen LogP contribution in [0.3, 0.4) is 0 Å². The number of carbonyl (C=O) groups excluding carboxylic acids is 2. The molecule has 0 aromatic heterocycles. The molecule has 4 aliphatic heterocycles. The van der Waals surface area contributed by atoms with Crippen molar-refractivity contribution in [2.75, 3.05) is 37.6 Å². The fourth-order valence-corrected chi connectivity index (χ4v) is 9.15. The van der Waals surface area contributed by atoms with Gasteiger partial charge in [-0.2, -0.15) is 0 Å². The zero-order valence-corrected chi connectivity index (χ0v) is 23.9. The largest absolute Gasteiger partial charge is 0.493 e. The lowest BCUT2D eigenvalue weighted by Gasteiger charge is -2.62. The summed E-state index contributed by atoms with van der Waals surface area (Å²) in [7, 11) is 3.27. The number of ether oxygens (including phenoxy) is 3. The van der Waals surface area contributed by atoms with E-state index in [1.54, 1.807) is 14.2 Å². The number of nitrogens with zero attached hydrogens (tertiary/aromatic N) is 2. The number of methoxy groups -OCH3 is 2. The molecule has 1 saturated carbocycles. The summed E-state index contributed by atoms with van der Waals surface area (Å²) >= 11 is 3.78. The number of fused-ring (bicyclic) bond motifs is 5. The molecule has 0 unspecified atom stereocenters. The summed E-state index contributed by atoms with van der Waals surface area (Å²) in [5, 5.41) is 0.752. The molecule has 6 atom stereocenters. The third-order valence-corrected chi connectivity index (χ3v) is 10.3. The number of alkyl halides is 1. The molecule has 8 heteroatoms. The van der Waals surface area contributed by atoms with Gasteiger partial charge in [-0.25, -0.2) is 0 Å². The van der Waals surface area contributed by atoms with E-state index in [1.165, 1.54) is 5.57 Å². The normalized spacial score (nSPS) is 31.8. The van der Waals surface area contributed by atoms with E-state index in [2.05, 4.69) is 33.0 Å². The Labute approximate surface area is 237 Å². The molecule has 1 aliphatic carbocycles. The van der Waals surface area contributed by atoms with Gasteiger partial charge in [-0.1, -0.05) is 52.3 Å². The van der Waals surface area contributed by atoms with Crippen molar-refractivity contribution in [3.8, 4) is 11.5 Å². The van der Waals surface area contributed by atoms with Crippen molar-refractivity contribution >= 4 is 33.4 Å². The Morgan fingerprint density at radius 1 is 1.15 bits per heavy atom. The lowest BCUT2D eigenvalue weighted by molar-refractivity contribution is -0.145. The molecule has 4 heterocycles. The van der Waals surface area contributed by atoms with Crippen molar-refractivity contribution in [1.29, 1.82) is 0 Å². The maximum Gasteiger partial charge on any atom is 0.229 e. The van der Waals surface area contributed by atoms with Crippen molar-refractivity contribution in [3.63, 3.8) is 0 Å². The Bertz CT molecular complexity index is 1360. The second kappa shape index (κ2) is 9.37. The minimum Gasteiger partial charge on any atom is -0.493 e. The standard InChI is InChI=1S/C31H33BrN2O5/c1-37-23-14-21-22(15-24(23)38-2)34-28(36)16-25-29-20-13-26(31(21,9-10-32)30(29)34)33(17-19(20)8-11-39-25)27(35)12-18-6-4-3-5-7-18/h3-8,14-15,20,25-26,29-30H,9-13,16-17H2,1-2H3/t20-,25+,26-,29+,30+,31+/m0/s1. The number of halogens is 1. The first-order valence-corrected chi connectivity index (χ1v) is 14.9. The number of likely N-dealkylation sites (tertiary alicyclic amines) is 1. The third kappa shape index (κ3) is 3.50. The summed E-state index contributed by atoms with van der Waals surface area (Å²) in [5.74, 6) is 1.91. The summed E-state index contributed by atoms with van der Waals surface area (Å²) in [6.07, 6.45) is 4.45. The lowest BCUT2D eigenvalue weighted by atomic mass is 9.51.